The lowest BCUT2D eigenvalue weighted by atomic mass is 10.3. The van der Waals surface area contributed by atoms with E-state index in [4.69, 9.17) is 4.74 Å². The predicted octanol–water partition coefficient (Wildman–Crippen LogP) is 3.04. The van der Waals surface area contributed by atoms with Crippen molar-refractivity contribution < 1.29 is 23.0 Å². The molecular weight excluding hydrogens is 256 g/mol. The van der Waals surface area contributed by atoms with Gasteiger partial charge in [-0.1, -0.05) is 13.3 Å². The molecule has 0 atom stereocenters. The summed E-state index contributed by atoms with van der Waals surface area (Å²) < 4.78 is 33.0. The van der Waals surface area contributed by atoms with E-state index < -0.39 is 6.61 Å². The van der Waals surface area contributed by atoms with Gasteiger partial charge in [-0.25, -0.2) is 0 Å². The fraction of sp³-hybridized carbons (Fsp3) is 0.462. The Morgan fingerprint density at radius 3 is 2.58 bits per heavy atom. The normalized spacial score (nSPS) is 10.3. The van der Waals surface area contributed by atoms with Gasteiger partial charge < -0.3 is 14.8 Å². The molecule has 0 radical (unpaired) electrons. The minimum Gasteiger partial charge on any atom is -0.464 e. The van der Waals surface area contributed by atoms with Gasteiger partial charge in [0.25, 0.3) is 0 Å². The van der Waals surface area contributed by atoms with E-state index >= 15 is 0 Å². The first-order valence-electron chi connectivity index (χ1n) is 6.06. The van der Waals surface area contributed by atoms with Gasteiger partial charge >= 0.3 is 12.6 Å². The topological polar surface area (TPSA) is 47.6 Å². The maximum Gasteiger partial charge on any atom is 0.387 e. The van der Waals surface area contributed by atoms with Gasteiger partial charge in [0.05, 0.1) is 6.61 Å². The highest BCUT2D eigenvalue weighted by Crippen LogP contribution is 2.17. The molecule has 106 valence electrons. The fourth-order valence-corrected chi connectivity index (χ4v) is 1.31. The Hall–Kier alpha value is -1.85. The SMILES string of the molecule is CCCCOC(=O)CNc1ccc(OC(F)F)cc1. The summed E-state index contributed by atoms with van der Waals surface area (Å²) in [6, 6.07) is 5.90. The molecule has 0 fully saturated rings. The summed E-state index contributed by atoms with van der Waals surface area (Å²) in [7, 11) is 0. The Balaban J connectivity index is 2.31. The third kappa shape index (κ3) is 6.59. The highest BCUT2D eigenvalue weighted by atomic mass is 19.3. The summed E-state index contributed by atoms with van der Waals surface area (Å²) >= 11 is 0. The van der Waals surface area contributed by atoms with Crippen LogP contribution in [0.1, 0.15) is 19.8 Å². The number of unbranched alkanes of at least 4 members (excludes halogenated alkanes) is 1. The van der Waals surface area contributed by atoms with E-state index in [2.05, 4.69) is 10.1 Å². The van der Waals surface area contributed by atoms with Crippen molar-refractivity contribution in [2.24, 2.45) is 0 Å². The van der Waals surface area contributed by atoms with Gasteiger partial charge in [-0.15, -0.1) is 0 Å². The van der Waals surface area contributed by atoms with Crippen molar-refractivity contribution in [1.82, 2.24) is 0 Å². The Labute approximate surface area is 110 Å². The van der Waals surface area contributed by atoms with Crippen LogP contribution in [-0.4, -0.2) is 25.7 Å². The maximum absolute atomic E-state index is 11.9. The first kappa shape index (κ1) is 15.2. The summed E-state index contributed by atoms with van der Waals surface area (Å²) in [5, 5.41) is 2.83. The molecule has 0 saturated heterocycles. The van der Waals surface area contributed by atoms with E-state index in [1.54, 1.807) is 12.1 Å². The van der Waals surface area contributed by atoms with E-state index in [9.17, 15) is 13.6 Å². The minimum atomic E-state index is -2.84. The maximum atomic E-state index is 11.9. The number of esters is 1. The highest BCUT2D eigenvalue weighted by molar-refractivity contribution is 5.75. The van der Waals surface area contributed by atoms with Crippen molar-refractivity contribution in [2.45, 2.75) is 26.4 Å². The number of hydrogen-bond acceptors (Lipinski definition) is 4. The number of benzene rings is 1. The van der Waals surface area contributed by atoms with E-state index in [0.717, 1.165) is 12.8 Å². The van der Waals surface area contributed by atoms with Crippen molar-refractivity contribution in [3.8, 4) is 5.75 Å². The third-order valence-electron chi connectivity index (χ3n) is 2.28. The quantitative estimate of drug-likeness (QED) is 0.584. The van der Waals surface area contributed by atoms with Crippen molar-refractivity contribution in [1.29, 1.82) is 0 Å². The molecule has 0 aliphatic rings. The molecule has 19 heavy (non-hydrogen) atoms. The molecule has 0 spiro atoms. The van der Waals surface area contributed by atoms with Crippen molar-refractivity contribution in [3.05, 3.63) is 24.3 Å². The van der Waals surface area contributed by atoms with Gasteiger partial charge in [-0.3, -0.25) is 4.79 Å². The van der Waals surface area contributed by atoms with E-state index in [1.165, 1.54) is 12.1 Å². The molecule has 0 bridgehead atoms. The number of hydrogen-bond donors (Lipinski definition) is 1. The average Bonchev–Trinajstić information content (AvgIpc) is 2.37. The largest absolute Gasteiger partial charge is 0.464 e. The van der Waals surface area contributed by atoms with Crippen LogP contribution in [0.25, 0.3) is 0 Å². The zero-order chi connectivity index (χ0) is 14.1. The molecule has 0 saturated carbocycles. The molecule has 0 aliphatic carbocycles. The Morgan fingerprint density at radius 2 is 2.00 bits per heavy atom. The first-order valence-corrected chi connectivity index (χ1v) is 6.06. The molecule has 1 aromatic carbocycles. The number of carbonyl (C=O) groups is 1. The lowest BCUT2D eigenvalue weighted by molar-refractivity contribution is -0.141. The van der Waals surface area contributed by atoms with Gasteiger partial charge in [0.1, 0.15) is 12.3 Å². The lowest BCUT2D eigenvalue weighted by Gasteiger charge is -2.08. The third-order valence-corrected chi connectivity index (χ3v) is 2.28. The molecule has 4 nitrogen and oxygen atoms in total. The van der Waals surface area contributed by atoms with Crippen LogP contribution in [0.5, 0.6) is 5.75 Å². The van der Waals surface area contributed by atoms with Gasteiger partial charge in [0, 0.05) is 5.69 Å². The summed E-state index contributed by atoms with van der Waals surface area (Å²) in [5.74, 6) is -0.271. The molecular formula is C13H17F2NO3. The van der Waals surface area contributed by atoms with Crippen LogP contribution in [0.4, 0.5) is 14.5 Å². The molecule has 0 amide bonds. The van der Waals surface area contributed by atoms with Gasteiger partial charge in [-0.2, -0.15) is 8.78 Å². The summed E-state index contributed by atoms with van der Waals surface area (Å²) in [5.41, 5.74) is 0.633. The van der Waals surface area contributed by atoms with Gasteiger partial charge in [-0.05, 0) is 30.7 Å². The van der Waals surface area contributed by atoms with Crippen molar-refractivity contribution in [3.63, 3.8) is 0 Å². The van der Waals surface area contributed by atoms with E-state index in [0.29, 0.717) is 12.3 Å². The lowest BCUT2D eigenvalue weighted by Crippen LogP contribution is -2.17. The zero-order valence-electron chi connectivity index (χ0n) is 10.7. The van der Waals surface area contributed by atoms with Crippen LogP contribution in [0, 0.1) is 0 Å². The number of ether oxygens (including phenoxy) is 2. The van der Waals surface area contributed by atoms with Gasteiger partial charge in [0.15, 0.2) is 0 Å². The van der Waals surface area contributed by atoms with Crippen LogP contribution in [0.2, 0.25) is 0 Å². The van der Waals surface area contributed by atoms with Crippen molar-refractivity contribution >= 4 is 11.7 Å². The molecule has 1 N–H and O–H groups in total. The number of rotatable bonds is 8. The van der Waals surface area contributed by atoms with Crippen LogP contribution in [0.3, 0.4) is 0 Å². The van der Waals surface area contributed by atoms with E-state index in [1.807, 2.05) is 6.92 Å². The zero-order valence-corrected chi connectivity index (χ0v) is 10.7. The van der Waals surface area contributed by atoms with Gasteiger partial charge in [0.2, 0.25) is 0 Å². The standard InChI is InChI=1S/C13H17F2NO3/c1-2-3-8-18-12(17)9-16-10-4-6-11(7-5-10)19-13(14)15/h4-7,13,16H,2-3,8-9H2,1H3. The van der Waals surface area contributed by atoms with E-state index in [-0.39, 0.29) is 18.3 Å². The summed E-state index contributed by atoms with van der Waals surface area (Å²) in [6.07, 6.45) is 1.80. The average molecular weight is 273 g/mol. The Morgan fingerprint density at radius 1 is 1.32 bits per heavy atom. The van der Waals surface area contributed by atoms with Crippen LogP contribution in [0.15, 0.2) is 24.3 Å². The number of carbonyl (C=O) groups excluding carboxylic acids is 1. The number of halogens is 2. The van der Waals surface area contributed by atoms with Crippen LogP contribution < -0.4 is 10.1 Å². The Kier molecular flexibility index (Phi) is 6.63. The molecule has 0 aliphatic heterocycles. The minimum absolute atomic E-state index is 0.0404. The molecule has 0 aromatic heterocycles. The molecule has 0 unspecified atom stereocenters. The fourth-order valence-electron chi connectivity index (χ4n) is 1.31. The number of anilines is 1. The number of alkyl halides is 2. The van der Waals surface area contributed by atoms with Crippen molar-refractivity contribution in [2.75, 3.05) is 18.5 Å². The van der Waals surface area contributed by atoms with Crippen LogP contribution >= 0.6 is 0 Å². The summed E-state index contributed by atoms with van der Waals surface area (Å²) in [6.45, 7) is -0.376. The smallest absolute Gasteiger partial charge is 0.387 e. The first-order chi connectivity index (χ1) is 9.11. The highest BCUT2D eigenvalue weighted by Gasteiger charge is 2.05. The second-order valence-electron chi connectivity index (χ2n) is 3.83. The Bertz CT molecular complexity index is 382. The predicted molar refractivity (Wildman–Crippen MR) is 67.4 cm³/mol. The van der Waals surface area contributed by atoms with Crippen LogP contribution in [-0.2, 0) is 9.53 Å². The molecule has 6 heteroatoms. The number of nitrogens with one attached hydrogen (secondary N) is 1. The summed E-state index contributed by atoms with van der Waals surface area (Å²) in [4.78, 5) is 11.3. The molecule has 0 heterocycles. The molecule has 1 rings (SSSR count). The second-order valence-corrected chi connectivity index (χ2v) is 3.83. The molecule has 1 aromatic rings. The monoisotopic (exact) mass is 273 g/mol. The second kappa shape index (κ2) is 8.29.